The van der Waals surface area contributed by atoms with Gasteiger partial charge in [-0.2, -0.15) is 0 Å². The third kappa shape index (κ3) is 9.65. The fraction of sp³-hybridized carbons (Fsp3) is 0.900. The lowest BCUT2D eigenvalue weighted by Gasteiger charge is -2.09. The van der Waals surface area contributed by atoms with Gasteiger partial charge in [-0.3, -0.25) is 4.79 Å². The number of carbonyl (C=O) groups excluding carboxylic acids is 1. The Hall–Kier alpha value is -0.650. The summed E-state index contributed by atoms with van der Waals surface area (Å²) in [6.45, 7) is 4.32. The number of carbonyl (C=O) groups is 1. The van der Waals surface area contributed by atoms with Crippen LogP contribution in [0.3, 0.4) is 0 Å². The molecule has 0 fully saturated rings. The van der Waals surface area contributed by atoms with E-state index in [1.165, 1.54) is 0 Å². The third-order valence-electron chi connectivity index (χ3n) is 1.94. The molecule has 0 rings (SSSR count). The molecule has 0 saturated heterocycles. The number of aliphatic hydroxyl groups is 1. The summed E-state index contributed by atoms with van der Waals surface area (Å²) in [6.07, 6.45) is 0.829. The van der Waals surface area contributed by atoms with Crippen molar-refractivity contribution in [2.75, 3.05) is 40.0 Å². The van der Waals surface area contributed by atoms with Crippen molar-refractivity contribution in [1.82, 2.24) is 10.6 Å². The predicted octanol–water partition coefficient (Wildman–Crippen LogP) is -0.643. The minimum absolute atomic E-state index is 0.0174. The molecule has 5 nitrogen and oxygen atoms in total. The van der Waals surface area contributed by atoms with Gasteiger partial charge in [-0.1, -0.05) is 6.92 Å². The van der Waals surface area contributed by atoms with Crippen LogP contribution in [0.4, 0.5) is 0 Å². The lowest BCUT2D eigenvalue weighted by molar-refractivity contribution is -0.120. The summed E-state index contributed by atoms with van der Waals surface area (Å²) >= 11 is 0. The van der Waals surface area contributed by atoms with Crippen molar-refractivity contribution in [3.63, 3.8) is 0 Å². The maximum Gasteiger partial charge on any atom is 0.233 e. The average Bonchev–Trinajstić information content (AvgIpc) is 2.24. The topological polar surface area (TPSA) is 70.6 Å². The number of ether oxygens (including phenoxy) is 1. The first-order valence-electron chi connectivity index (χ1n) is 5.28. The Balaban J connectivity index is 3.26. The Morgan fingerprint density at radius 3 is 2.87 bits per heavy atom. The molecule has 1 unspecified atom stereocenters. The molecule has 0 radical (unpaired) electrons. The Labute approximate surface area is 91.2 Å². The molecule has 3 N–H and O–H groups in total. The molecule has 5 heteroatoms. The van der Waals surface area contributed by atoms with E-state index in [0.717, 1.165) is 6.42 Å². The molecule has 90 valence electrons. The Morgan fingerprint density at radius 2 is 2.27 bits per heavy atom. The summed E-state index contributed by atoms with van der Waals surface area (Å²) in [4.78, 5) is 11.2. The highest BCUT2D eigenvalue weighted by molar-refractivity contribution is 5.77. The summed E-state index contributed by atoms with van der Waals surface area (Å²) in [5.41, 5.74) is 0. The molecule has 0 bridgehead atoms. The number of rotatable bonds is 9. The molecule has 0 aliphatic rings. The molecule has 0 spiro atoms. The van der Waals surface area contributed by atoms with Crippen LogP contribution < -0.4 is 10.6 Å². The van der Waals surface area contributed by atoms with Gasteiger partial charge < -0.3 is 20.5 Å². The van der Waals surface area contributed by atoms with Crippen LogP contribution in [0.2, 0.25) is 0 Å². The Morgan fingerprint density at radius 1 is 1.53 bits per heavy atom. The number of amides is 1. The normalized spacial score (nSPS) is 12.5. The van der Waals surface area contributed by atoms with Gasteiger partial charge in [0.15, 0.2) is 0 Å². The van der Waals surface area contributed by atoms with Crippen molar-refractivity contribution in [2.24, 2.45) is 5.92 Å². The summed E-state index contributed by atoms with van der Waals surface area (Å²) in [5, 5.41) is 14.5. The Kier molecular flexibility index (Phi) is 9.46. The number of hydrogen-bond acceptors (Lipinski definition) is 4. The molecule has 1 amide bonds. The van der Waals surface area contributed by atoms with Gasteiger partial charge >= 0.3 is 0 Å². The van der Waals surface area contributed by atoms with Gasteiger partial charge in [-0.05, 0) is 12.3 Å². The van der Waals surface area contributed by atoms with E-state index in [2.05, 4.69) is 10.6 Å². The molecular formula is C10H22N2O3. The number of aliphatic hydroxyl groups excluding tert-OH is 1. The van der Waals surface area contributed by atoms with Crippen molar-refractivity contribution < 1.29 is 14.6 Å². The lowest BCUT2D eigenvalue weighted by Crippen LogP contribution is -2.36. The Bertz CT molecular complexity index is 165. The molecule has 0 saturated carbocycles. The van der Waals surface area contributed by atoms with Crippen molar-refractivity contribution in [1.29, 1.82) is 0 Å². The third-order valence-corrected chi connectivity index (χ3v) is 1.94. The lowest BCUT2D eigenvalue weighted by atomic mass is 10.2. The zero-order valence-electron chi connectivity index (χ0n) is 9.58. The van der Waals surface area contributed by atoms with E-state index in [1.54, 1.807) is 7.11 Å². The number of nitrogens with one attached hydrogen (secondary N) is 2. The van der Waals surface area contributed by atoms with Crippen LogP contribution >= 0.6 is 0 Å². The largest absolute Gasteiger partial charge is 0.396 e. The van der Waals surface area contributed by atoms with Gasteiger partial charge in [0.05, 0.1) is 6.54 Å². The quantitative estimate of drug-likeness (QED) is 0.450. The highest BCUT2D eigenvalue weighted by Crippen LogP contribution is 1.87. The minimum Gasteiger partial charge on any atom is -0.396 e. The monoisotopic (exact) mass is 218 g/mol. The molecule has 1 atom stereocenters. The maximum absolute atomic E-state index is 11.2. The molecule has 0 aromatic heterocycles. The SMILES string of the molecule is COCCCNC(=O)CNCC(C)CO. The summed E-state index contributed by atoms with van der Waals surface area (Å²) in [7, 11) is 1.64. The van der Waals surface area contributed by atoms with E-state index in [-0.39, 0.29) is 18.4 Å². The fourth-order valence-electron chi connectivity index (χ4n) is 1.00. The molecule has 15 heavy (non-hydrogen) atoms. The van der Waals surface area contributed by atoms with Crippen LogP contribution in [0, 0.1) is 5.92 Å². The van der Waals surface area contributed by atoms with E-state index >= 15 is 0 Å². The zero-order valence-corrected chi connectivity index (χ0v) is 9.58. The summed E-state index contributed by atoms with van der Waals surface area (Å²) in [5.74, 6) is 0.169. The standard InChI is InChI=1S/C10H22N2O3/c1-9(8-13)6-11-7-10(14)12-4-3-5-15-2/h9,11,13H,3-8H2,1-2H3,(H,12,14). The van der Waals surface area contributed by atoms with Crippen molar-refractivity contribution in [3.05, 3.63) is 0 Å². The maximum atomic E-state index is 11.2. The van der Waals surface area contributed by atoms with Crippen LogP contribution in [0.1, 0.15) is 13.3 Å². The van der Waals surface area contributed by atoms with Gasteiger partial charge in [0.1, 0.15) is 0 Å². The van der Waals surface area contributed by atoms with E-state index in [9.17, 15) is 4.79 Å². The second-order valence-corrected chi connectivity index (χ2v) is 3.61. The van der Waals surface area contributed by atoms with Gasteiger partial charge in [0.2, 0.25) is 5.91 Å². The zero-order chi connectivity index (χ0) is 11.5. The smallest absolute Gasteiger partial charge is 0.233 e. The van der Waals surface area contributed by atoms with Crippen LogP contribution in [-0.2, 0) is 9.53 Å². The molecule has 0 aliphatic heterocycles. The second kappa shape index (κ2) is 9.89. The minimum atomic E-state index is -0.0174. The van der Waals surface area contributed by atoms with Crippen molar-refractivity contribution in [2.45, 2.75) is 13.3 Å². The first-order chi connectivity index (χ1) is 7.20. The van der Waals surface area contributed by atoms with Crippen LogP contribution in [-0.4, -0.2) is 51.0 Å². The van der Waals surface area contributed by atoms with Gasteiger partial charge in [0, 0.05) is 33.4 Å². The molecule has 0 aliphatic carbocycles. The van der Waals surface area contributed by atoms with Crippen molar-refractivity contribution in [3.8, 4) is 0 Å². The number of hydrogen-bond donors (Lipinski definition) is 3. The first-order valence-corrected chi connectivity index (χ1v) is 5.28. The fourth-order valence-corrected chi connectivity index (χ4v) is 1.00. The van der Waals surface area contributed by atoms with E-state index < -0.39 is 0 Å². The van der Waals surface area contributed by atoms with Crippen LogP contribution in [0.15, 0.2) is 0 Å². The summed E-state index contributed by atoms with van der Waals surface area (Å²) < 4.78 is 4.86. The molecule has 0 heterocycles. The van der Waals surface area contributed by atoms with Crippen LogP contribution in [0.25, 0.3) is 0 Å². The average molecular weight is 218 g/mol. The predicted molar refractivity (Wildman–Crippen MR) is 58.6 cm³/mol. The number of methoxy groups -OCH3 is 1. The second-order valence-electron chi connectivity index (χ2n) is 3.61. The highest BCUT2D eigenvalue weighted by atomic mass is 16.5. The molecular weight excluding hydrogens is 196 g/mol. The van der Waals surface area contributed by atoms with Gasteiger partial charge in [-0.25, -0.2) is 0 Å². The van der Waals surface area contributed by atoms with E-state index in [0.29, 0.717) is 26.2 Å². The molecule has 0 aromatic carbocycles. The van der Waals surface area contributed by atoms with Crippen LogP contribution in [0.5, 0.6) is 0 Å². The van der Waals surface area contributed by atoms with Gasteiger partial charge in [-0.15, -0.1) is 0 Å². The van der Waals surface area contributed by atoms with Crippen molar-refractivity contribution >= 4 is 5.91 Å². The van der Waals surface area contributed by atoms with Gasteiger partial charge in [0.25, 0.3) is 0 Å². The van der Waals surface area contributed by atoms with E-state index in [4.69, 9.17) is 9.84 Å². The summed E-state index contributed by atoms with van der Waals surface area (Å²) in [6, 6.07) is 0. The highest BCUT2D eigenvalue weighted by Gasteiger charge is 2.02. The first kappa shape index (κ1) is 14.3. The molecule has 0 aromatic rings. The van der Waals surface area contributed by atoms with E-state index in [1.807, 2.05) is 6.92 Å².